The average Bonchev–Trinajstić information content (AvgIpc) is 2.71. The first-order chi connectivity index (χ1) is 12.8. The molecule has 1 aromatic heterocycles. The van der Waals surface area contributed by atoms with E-state index in [-0.39, 0.29) is 24.0 Å². The third-order valence-electron chi connectivity index (χ3n) is 4.62. The van der Waals surface area contributed by atoms with Crippen LogP contribution in [0.3, 0.4) is 0 Å². The number of aromatic nitrogens is 1. The molecule has 3 rings (SSSR count). The number of hydrogen-bond acceptors (Lipinski definition) is 3. The van der Waals surface area contributed by atoms with Gasteiger partial charge in [-0.15, -0.1) is 24.0 Å². The summed E-state index contributed by atoms with van der Waals surface area (Å²) in [6, 6.07) is 14.2. The minimum absolute atomic E-state index is 0. The van der Waals surface area contributed by atoms with E-state index in [1.54, 1.807) is 13.2 Å². The fourth-order valence-corrected chi connectivity index (χ4v) is 3.14. The van der Waals surface area contributed by atoms with Gasteiger partial charge in [0.1, 0.15) is 5.75 Å². The van der Waals surface area contributed by atoms with Crippen molar-refractivity contribution in [2.24, 2.45) is 4.99 Å². The number of nitrogens with zero attached hydrogens (tertiary/aromatic N) is 2. The van der Waals surface area contributed by atoms with Crippen molar-refractivity contribution in [2.75, 3.05) is 7.05 Å². The molecule has 2 aromatic rings. The average molecular weight is 480 g/mol. The monoisotopic (exact) mass is 480 g/mol. The first-order valence-electron chi connectivity index (χ1n) is 9.43. The van der Waals surface area contributed by atoms with E-state index in [1.165, 1.54) is 37.7 Å². The highest BCUT2D eigenvalue weighted by Crippen LogP contribution is 2.23. The Kier molecular flexibility index (Phi) is 9.38. The summed E-state index contributed by atoms with van der Waals surface area (Å²) in [5.41, 5.74) is 2.18. The number of hydrogen-bond donors (Lipinski definition) is 2. The fourth-order valence-electron chi connectivity index (χ4n) is 3.14. The number of ether oxygens (including phenoxy) is 1. The Hall–Kier alpha value is -1.83. The highest BCUT2D eigenvalue weighted by atomic mass is 127. The van der Waals surface area contributed by atoms with Crippen LogP contribution in [0.4, 0.5) is 0 Å². The Labute approximate surface area is 179 Å². The number of benzene rings is 1. The SMILES string of the molecule is CN=C(NCc1ccc(OC2CCCCC2)cc1)NCc1ccccn1.I. The lowest BCUT2D eigenvalue weighted by Crippen LogP contribution is -2.36. The quantitative estimate of drug-likeness (QED) is 0.368. The molecule has 1 aliphatic rings. The number of guanidine groups is 1. The lowest BCUT2D eigenvalue weighted by molar-refractivity contribution is 0.155. The molecule has 146 valence electrons. The van der Waals surface area contributed by atoms with Gasteiger partial charge in [-0.1, -0.05) is 24.6 Å². The maximum atomic E-state index is 6.08. The molecule has 0 amide bonds. The van der Waals surface area contributed by atoms with Crippen molar-refractivity contribution in [1.82, 2.24) is 15.6 Å². The molecule has 0 radical (unpaired) electrons. The molecule has 5 nitrogen and oxygen atoms in total. The fraction of sp³-hybridized carbons (Fsp3) is 0.429. The summed E-state index contributed by atoms with van der Waals surface area (Å²) < 4.78 is 6.08. The van der Waals surface area contributed by atoms with E-state index in [0.717, 1.165) is 17.4 Å². The predicted molar refractivity (Wildman–Crippen MR) is 121 cm³/mol. The summed E-state index contributed by atoms with van der Waals surface area (Å²) in [7, 11) is 1.77. The van der Waals surface area contributed by atoms with E-state index in [9.17, 15) is 0 Å². The summed E-state index contributed by atoms with van der Waals surface area (Å²) in [5, 5.41) is 6.60. The van der Waals surface area contributed by atoms with Crippen LogP contribution >= 0.6 is 24.0 Å². The molecule has 1 aromatic carbocycles. The molecule has 1 saturated carbocycles. The molecule has 27 heavy (non-hydrogen) atoms. The second-order valence-electron chi connectivity index (χ2n) is 6.62. The standard InChI is InChI=1S/C21H28N4O.HI/c1-22-21(25-16-18-7-5-6-14-23-18)24-15-17-10-12-20(13-11-17)26-19-8-3-2-4-9-19;/h5-7,10-14,19H,2-4,8-9,15-16H2,1H3,(H2,22,24,25);1H. The largest absolute Gasteiger partial charge is 0.490 e. The van der Waals surface area contributed by atoms with Gasteiger partial charge in [0.2, 0.25) is 0 Å². The molecule has 0 bridgehead atoms. The van der Waals surface area contributed by atoms with E-state index >= 15 is 0 Å². The van der Waals surface area contributed by atoms with Crippen LogP contribution in [-0.2, 0) is 13.1 Å². The Bertz CT molecular complexity index is 685. The molecule has 0 saturated heterocycles. The lowest BCUT2D eigenvalue weighted by atomic mass is 9.98. The Morgan fingerprint density at radius 1 is 1.04 bits per heavy atom. The molecule has 1 aliphatic carbocycles. The van der Waals surface area contributed by atoms with Crippen molar-refractivity contribution < 1.29 is 4.74 Å². The van der Waals surface area contributed by atoms with E-state index in [2.05, 4.69) is 44.9 Å². The van der Waals surface area contributed by atoms with Gasteiger partial charge in [0.25, 0.3) is 0 Å². The van der Waals surface area contributed by atoms with Crippen molar-refractivity contribution >= 4 is 29.9 Å². The van der Waals surface area contributed by atoms with Crippen LogP contribution < -0.4 is 15.4 Å². The minimum atomic E-state index is 0. The Morgan fingerprint density at radius 3 is 2.44 bits per heavy atom. The molecule has 0 aliphatic heterocycles. The summed E-state index contributed by atoms with van der Waals surface area (Å²) in [5.74, 6) is 1.73. The second kappa shape index (κ2) is 11.8. The van der Waals surface area contributed by atoms with Crippen molar-refractivity contribution in [3.63, 3.8) is 0 Å². The third-order valence-corrected chi connectivity index (χ3v) is 4.62. The first kappa shape index (κ1) is 21.5. The van der Waals surface area contributed by atoms with E-state index in [1.807, 2.05) is 18.2 Å². The van der Waals surface area contributed by atoms with Crippen LogP contribution in [0.5, 0.6) is 5.75 Å². The Morgan fingerprint density at radius 2 is 1.78 bits per heavy atom. The van der Waals surface area contributed by atoms with E-state index in [4.69, 9.17) is 4.74 Å². The first-order valence-corrected chi connectivity index (χ1v) is 9.43. The van der Waals surface area contributed by atoms with Crippen LogP contribution in [0, 0.1) is 0 Å². The predicted octanol–water partition coefficient (Wildman–Crippen LogP) is 4.28. The van der Waals surface area contributed by atoms with Crippen molar-refractivity contribution in [3.8, 4) is 5.75 Å². The molecule has 0 unspecified atom stereocenters. The number of rotatable bonds is 6. The summed E-state index contributed by atoms with van der Waals surface area (Å²) in [4.78, 5) is 8.56. The van der Waals surface area contributed by atoms with Gasteiger partial charge in [-0.3, -0.25) is 9.98 Å². The molecule has 1 fully saturated rings. The normalized spacial score (nSPS) is 14.9. The maximum Gasteiger partial charge on any atom is 0.191 e. The smallest absolute Gasteiger partial charge is 0.191 e. The van der Waals surface area contributed by atoms with Gasteiger partial charge in [0, 0.05) is 19.8 Å². The van der Waals surface area contributed by atoms with Gasteiger partial charge in [0.15, 0.2) is 5.96 Å². The summed E-state index contributed by atoms with van der Waals surface area (Å²) in [6.07, 6.45) is 8.48. The van der Waals surface area contributed by atoms with E-state index < -0.39 is 0 Å². The lowest BCUT2D eigenvalue weighted by Gasteiger charge is -2.23. The van der Waals surface area contributed by atoms with Crippen LogP contribution in [0.15, 0.2) is 53.7 Å². The zero-order valence-corrected chi connectivity index (χ0v) is 18.2. The minimum Gasteiger partial charge on any atom is -0.490 e. The second-order valence-corrected chi connectivity index (χ2v) is 6.62. The van der Waals surface area contributed by atoms with E-state index in [0.29, 0.717) is 19.2 Å². The van der Waals surface area contributed by atoms with Crippen LogP contribution in [-0.4, -0.2) is 24.1 Å². The zero-order valence-electron chi connectivity index (χ0n) is 15.9. The highest BCUT2D eigenvalue weighted by Gasteiger charge is 2.14. The van der Waals surface area contributed by atoms with Gasteiger partial charge in [-0.25, -0.2) is 0 Å². The number of aliphatic imine (C=N–C) groups is 1. The molecule has 2 N–H and O–H groups in total. The zero-order chi connectivity index (χ0) is 18.0. The molecule has 0 spiro atoms. The van der Waals surface area contributed by atoms with Crippen molar-refractivity contribution in [2.45, 2.75) is 51.3 Å². The van der Waals surface area contributed by atoms with Gasteiger partial charge < -0.3 is 15.4 Å². The highest BCUT2D eigenvalue weighted by molar-refractivity contribution is 14.0. The van der Waals surface area contributed by atoms with Gasteiger partial charge in [-0.2, -0.15) is 0 Å². The number of nitrogens with one attached hydrogen (secondary N) is 2. The Balaban J connectivity index is 0.00000261. The molecular formula is C21H29IN4O. The van der Waals surface area contributed by atoms with Gasteiger partial charge >= 0.3 is 0 Å². The molecular weight excluding hydrogens is 451 g/mol. The van der Waals surface area contributed by atoms with Crippen molar-refractivity contribution in [3.05, 3.63) is 59.9 Å². The topological polar surface area (TPSA) is 58.5 Å². The third kappa shape index (κ3) is 7.36. The van der Waals surface area contributed by atoms with Gasteiger partial charge in [0.05, 0.1) is 18.3 Å². The maximum absolute atomic E-state index is 6.08. The molecule has 0 atom stereocenters. The van der Waals surface area contributed by atoms with Crippen LogP contribution in [0.2, 0.25) is 0 Å². The van der Waals surface area contributed by atoms with Crippen LogP contribution in [0.1, 0.15) is 43.4 Å². The van der Waals surface area contributed by atoms with Gasteiger partial charge in [-0.05, 0) is 55.5 Å². The number of halogens is 1. The van der Waals surface area contributed by atoms with Crippen molar-refractivity contribution in [1.29, 1.82) is 0 Å². The number of pyridine rings is 1. The summed E-state index contributed by atoms with van der Waals surface area (Å²) >= 11 is 0. The van der Waals surface area contributed by atoms with Crippen LogP contribution in [0.25, 0.3) is 0 Å². The summed E-state index contributed by atoms with van der Waals surface area (Å²) in [6.45, 7) is 1.36. The molecule has 1 heterocycles. The molecule has 6 heteroatoms.